The van der Waals surface area contributed by atoms with E-state index in [1.54, 1.807) is 13.8 Å². The summed E-state index contributed by atoms with van der Waals surface area (Å²) in [6.07, 6.45) is -4.41. The monoisotopic (exact) mass is 388 g/mol. The molecule has 2 aromatic carbocycles. The molecule has 0 aromatic heterocycles. The van der Waals surface area contributed by atoms with Gasteiger partial charge in [-0.3, -0.25) is 4.79 Å². The first-order valence-electron chi connectivity index (χ1n) is 8.19. The standard InChI is InChI=1S/C21H16F4N2O/c1-20(2,17-10-15(13-26)11-18(22)12-17)19(28)27-9-3-4-14-5-7-16(8-6-14)21(23,24)25/h5-8,10-12H,9H2,1-2H3,(H,27,28). The van der Waals surface area contributed by atoms with E-state index in [0.29, 0.717) is 11.1 Å². The van der Waals surface area contributed by atoms with Crippen LogP contribution in [-0.4, -0.2) is 12.5 Å². The summed E-state index contributed by atoms with van der Waals surface area (Å²) < 4.78 is 51.2. The van der Waals surface area contributed by atoms with Gasteiger partial charge in [0.1, 0.15) is 5.82 Å². The Morgan fingerprint density at radius 2 is 1.68 bits per heavy atom. The Morgan fingerprint density at radius 1 is 1.04 bits per heavy atom. The third-order valence-corrected chi connectivity index (χ3v) is 4.10. The highest BCUT2D eigenvalue weighted by atomic mass is 19.4. The van der Waals surface area contributed by atoms with Crippen LogP contribution in [0.25, 0.3) is 0 Å². The topological polar surface area (TPSA) is 52.9 Å². The van der Waals surface area contributed by atoms with E-state index in [9.17, 15) is 22.4 Å². The summed E-state index contributed by atoms with van der Waals surface area (Å²) in [7, 11) is 0. The minimum absolute atomic E-state index is 0.0380. The lowest BCUT2D eigenvalue weighted by Crippen LogP contribution is -2.40. The first-order valence-corrected chi connectivity index (χ1v) is 8.19. The summed E-state index contributed by atoms with van der Waals surface area (Å²) in [5.74, 6) is 4.28. The second kappa shape index (κ2) is 8.14. The molecule has 0 radical (unpaired) electrons. The van der Waals surface area contributed by atoms with Gasteiger partial charge in [0.05, 0.1) is 29.2 Å². The number of amides is 1. The van der Waals surface area contributed by atoms with Crippen LogP contribution in [0.1, 0.15) is 36.1 Å². The number of hydrogen-bond donors (Lipinski definition) is 1. The van der Waals surface area contributed by atoms with Crippen molar-refractivity contribution in [2.75, 3.05) is 6.54 Å². The van der Waals surface area contributed by atoms with E-state index in [1.807, 2.05) is 6.07 Å². The predicted octanol–water partition coefficient (Wildman–Crippen LogP) is 4.16. The number of benzene rings is 2. The highest BCUT2D eigenvalue weighted by Gasteiger charge is 2.31. The van der Waals surface area contributed by atoms with Crippen LogP contribution in [0.3, 0.4) is 0 Å². The smallest absolute Gasteiger partial charge is 0.344 e. The van der Waals surface area contributed by atoms with Gasteiger partial charge in [-0.25, -0.2) is 4.39 Å². The predicted molar refractivity (Wildman–Crippen MR) is 95.5 cm³/mol. The molecule has 144 valence electrons. The molecule has 0 fully saturated rings. The zero-order chi connectivity index (χ0) is 20.9. The number of nitrogens with zero attached hydrogens (tertiary/aromatic N) is 1. The lowest BCUT2D eigenvalue weighted by atomic mass is 9.83. The van der Waals surface area contributed by atoms with Crippen LogP contribution in [-0.2, 0) is 16.4 Å². The largest absolute Gasteiger partial charge is 0.416 e. The number of carbonyl (C=O) groups is 1. The fourth-order valence-electron chi connectivity index (χ4n) is 2.38. The first kappa shape index (κ1) is 21.0. The minimum atomic E-state index is -4.41. The molecule has 0 unspecified atom stereocenters. The van der Waals surface area contributed by atoms with Crippen LogP contribution < -0.4 is 5.32 Å². The van der Waals surface area contributed by atoms with Crippen molar-refractivity contribution in [1.82, 2.24) is 5.32 Å². The van der Waals surface area contributed by atoms with Crippen molar-refractivity contribution < 1.29 is 22.4 Å². The summed E-state index contributed by atoms with van der Waals surface area (Å²) in [6, 6.07) is 9.91. The Morgan fingerprint density at radius 3 is 2.25 bits per heavy atom. The second-order valence-electron chi connectivity index (χ2n) is 6.52. The van der Waals surface area contributed by atoms with Crippen LogP contribution in [0.4, 0.5) is 17.6 Å². The second-order valence-corrected chi connectivity index (χ2v) is 6.52. The molecule has 0 aliphatic heterocycles. The quantitative estimate of drug-likeness (QED) is 0.634. The van der Waals surface area contributed by atoms with Gasteiger partial charge in [-0.15, -0.1) is 0 Å². The zero-order valence-corrected chi connectivity index (χ0v) is 15.1. The van der Waals surface area contributed by atoms with E-state index in [0.717, 1.165) is 18.2 Å². The van der Waals surface area contributed by atoms with Crippen LogP contribution >= 0.6 is 0 Å². The molecular formula is C21H16F4N2O. The van der Waals surface area contributed by atoms with Crippen molar-refractivity contribution in [3.63, 3.8) is 0 Å². The number of rotatable bonds is 3. The highest BCUT2D eigenvalue weighted by Crippen LogP contribution is 2.29. The van der Waals surface area contributed by atoms with E-state index in [2.05, 4.69) is 17.2 Å². The number of hydrogen-bond acceptors (Lipinski definition) is 2. The highest BCUT2D eigenvalue weighted by molar-refractivity contribution is 5.87. The third-order valence-electron chi connectivity index (χ3n) is 4.10. The Hall–Kier alpha value is -3.32. The molecule has 0 bridgehead atoms. The van der Waals surface area contributed by atoms with Gasteiger partial charge in [-0.1, -0.05) is 11.8 Å². The molecule has 0 aliphatic rings. The van der Waals surface area contributed by atoms with E-state index in [1.165, 1.54) is 24.3 Å². The molecule has 7 heteroatoms. The number of nitriles is 1. The van der Waals surface area contributed by atoms with Crippen molar-refractivity contribution in [1.29, 1.82) is 5.26 Å². The molecule has 2 rings (SSSR count). The molecule has 0 heterocycles. The molecule has 28 heavy (non-hydrogen) atoms. The van der Waals surface area contributed by atoms with Gasteiger partial charge in [-0.2, -0.15) is 18.4 Å². The molecule has 2 aromatic rings. The van der Waals surface area contributed by atoms with Gasteiger partial charge < -0.3 is 5.32 Å². The Kier molecular flexibility index (Phi) is 6.10. The molecule has 1 amide bonds. The minimum Gasteiger partial charge on any atom is -0.344 e. The van der Waals surface area contributed by atoms with Gasteiger partial charge in [0.25, 0.3) is 0 Å². The maximum Gasteiger partial charge on any atom is 0.416 e. The van der Waals surface area contributed by atoms with E-state index in [-0.39, 0.29) is 12.1 Å². The van der Waals surface area contributed by atoms with Crippen LogP contribution in [0, 0.1) is 29.0 Å². The number of carbonyl (C=O) groups excluding carboxylic acids is 1. The lowest BCUT2D eigenvalue weighted by molar-refractivity contribution is -0.137. The SMILES string of the molecule is CC(C)(C(=O)NCC#Cc1ccc(C(F)(F)F)cc1)c1cc(F)cc(C#N)c1. The Balaban J connectivity index is 2.04. The number of nitrogens with one attached hydrogen (secondary N) is 1. The molecule has 0 aliphatic carbocycles. The number of halogens is 4. The summed E-state index contributed by atoms with van der Waals surface area (Å²) in [6.45, 7) is 3.13. The fraction of sp³-hybridized carbons (Fsp3) is 0.238. The lowest BCUT2D eigenvalue weighted by Gasteiger charge is -2.24. The molecule has 1 N–H and O–H groups in total. The molecule has 0 atom stereocenters. The van der Waals surface area contributed by atoms with Crippen LogP contribution in [0.15, 0.2) is 42.5 Å². The van der Waals surface area contributed by atoms with Crippen LogP contribution in [0.2, 0.25) is 0 Å². The van der Waals surface area contributed by atoms with E-state index in [4.69, 9.17) is 5.26 Å². The van der Waals surface area contributed by atoms with Crippen molar-refractivity contribution >= 4 is 5.91 Å². The summed E-state index contributed by atoms with van der Waals surface area (Å²) in [4.78, 5) is 12.4. The Bertz CT molecular complexity index is 975. The summed E-state index contributed by atoms with van der Waals surface area (Å²) in [5, 5.41) is 11.5. The molecule has 0 spiro atoms. The van der Waals surface area contributed by atoms with Gasteiger partial charge in [0.15, 0.2) is 0 Å². The van der Waals surface area contributed by atoms with Gasteiger partial charge in [0, 0.05) is 5.56 Å². The molecule has 0 saturated heterocycles. The van der Waals surface area contributed by atoms with Gasteiger partial charge in [-0.05, 0) is 61.9 Å². The van der Waals surface area contributed by atoms with Crippen molar-refractivity contribution in [2.45, 2.75) is 25.4 Å². The normalized spacial score (nSPS) is 11.2. The Labute approximate surface area is 160 Å². The third kappa shape index (κ3) is 5.11. The summed E-state index contributed by atoms with van der Waals surface area (Å²) in [5.41, 5.74) is -1.04. The molecular weight excluding hydrogens is 372 g/mol. The molecule has 3 nitrogen and oxygen atoms in total. The van der Waals surface area contributed by atoms with Crippen molar-refractivity contribution in [2.24, 2.45) is 0 Å². The van der Waals surface area contributed by atoms with Crippen LogP contribution in [0.5, 0.6) is 0 Å². The van der Waals surface area contributed by atoms with Crippen molar-refractivity contribution in [3.8, 4) is 17.9 Å². The molecule has 0 saturated carbocycles. The first-order chi connectivity index (χ1) is 13.0. The van der Waals surface area contributed by atoms with Gasteiger partial charge in [0.2, 0.25) is 5.91 Å². The fourth-order valence-corrected chi connectivity index (χ4v) is 2.38. The van der Waals surface area contributed by atoms with Gasteiger partial charge >= 0.3 is 6.18 Å². The van der Waals surface area contributed by atoms with E-state index < -0.39 is 28.9 Å². The van der Waals surface area contributed by atoms with E-state index >= 15 is 0 Å². The average molecular weight is 388 g/mol. The summed E-state index contributed by atoms with van der Waals surface area (Å²) >= 11 is 0. The van der Waals surface area contributed by atoms with Crippen molar-refractivity contribution in [3.05, 3.63) is 70.5 Å². The maximum absolute atomic E-state index is 13.6. The average Bonchev–Trinajstić information content (AvgIpc) is 2.64. The maximum atomic E-state index is 13.6. The zero-order valence-electron chi connectivity index (χ0n) is 15.1. The number of alkyl halides is 3.